The largest absolute Gasteiger partial charge is 0.326 e. The fraction of sp³-hybridized carbons (Fsp3) is 0.500. The fourth-order valence-electron chi connectivity index (χ4n) is 2.22. The van der Waals surface area contributed by atoms with Gasteiger partial charge in [0.1, 0.15) is 0 Å². The molecule has 0 radical (unpaired) electrons. The van der Waals surface area contributed by atoms with E-state index in [1.807, 2.05) is 43.9 Å². The quantitative estimate of drug-likeness (QED) is 0.743. The molecule has 17 heavy (non-hydrogen) atoms. The predicted molar refractivity (Wildman–Crippen MR) is 69.9 cm³/mol. The molecule has 92 valence electrons. The number of hydrogen-bond donors (Lipinski definition) is 1. The highest BCUT2D eigenvalue weighted by atomic mass is 16.2. The maximum absolute atomic E-state index is 12.4. The average Bonchev–Trinajstić information content (AvgIpc) is 2.25. The van der Waals surface area contributed by atoms with Crippen molar-refractivity contribution >= 4 is 11.6 Å². The summed E-state index contributed by atoms with van der Waals surface area (Å²) in [5.41, 5.74) is 7.85. The van der Waals surface area contributed by atoms with Crippen LogP contribution in [-0.4, -0.2) is 18.5 Å². The molecule has 1 unspecified atom stereocenters. The van der Waals surface area contributed by atoms with Gasteiger partial charge in [0.15, 0.2) is 0 Å². The number of hydrogen-bond acceptors (Lipinski definition) is 2. The number of carbonyl (C=O) groups excluding carboxylic acids is 1. The maximum Gasteiger partial charge on any atom is 0.232 e. The van der Waals surface area contributed by atoms with Gasteiger partial charge in [-0.1, -0.05) is 39.0 Å². The lowest BCUT2D eigenvalue weighted by molar-refractivity contribution is -0.125. The summed E-state index contributed by atoms with van der Waals surface area (Å²) >= 11 is 0. The summed E-state index contributed by atoms with van der Waals surface area (Å²) in [4.78, 5) is 14.2. The third kappa shape index (κ3) is 2.34. The Morgan fingerprint density at radius 2 is 2.00 bits per heavy atom. The van der Waals surface area contributed by atoms with Gasteiger partial charge in [0, 0.05) is 23.7 Å². The monoisotopic (exact) mass is 232 g/mol. The van der Waals surface area contributed by atoms with Crippen LogP contribution < -0.4 is 10.6 Å². The topological polar surface area (TPSA) is 46.3 Å². The van der Waals surface area contributed by atoms with Gasteiger partial charge in [0.2, 0.25) is 5.91 Å². The van der Waals surface area contributed by atoms with Crippen molar-refractivity contribution < 1.29 is 4.79 Å². The van der Waals surface area contributed by atoms with E-state index < -0.39 is 0 Å². The van der Waals surface area contributed by atoms with E-state index in [1.54, 1.807) is 0 Å². The highest BCUT2D eigenvalue weighted by Crippen LogP contribution is 2.30. The lowest BCUT2D eigenvalue weighted by Crippen LogP contribution is -2.49. The van der Waals surface area contributed by atoms with Crippen molar-refractivity contribution in [1.82, 2.24) is 0 Å². The lowest BCUT2D eigenvalue weighted by atomic mass is 9.91. The minimum absolute atomic E-state index is 0.0381. The fourth-order valence-corrected chi connectivity index (χ4v) is 2.22. The van der Waals surface area contributed by atoms with Gasteiger partial charge < -0.3 is 10.6 Å². The van der Waals surface area contributed by atoms with E-state index in [9.17, 15) is 4.79 Å². The Balaban J connectivity index is 2.40. The Morgan fingerprint density at radius 1 is 1.35 bits per heavy atom. The molecule has 1 aliphatic rings. The normalized spacial score (nSPS) is 20.0. The summed E-state index contributed by atoms with van der Waals surface area (Å²) in [6.45, 7) is 6.45. The summed E-state index contributed by atoms with van der Waals surface area (Å²) in [7, 11) is 0. The van der Waals surface area contributed by atoms with Crippen molar-refractivity contribution in [3.05, 3.63) is 29.8 Å². The maximum atomic E-state index is 12.4. The van der Waals surface area contributed by atoms with Gasteiger partial charge in [-0.2, -0.15) is 0 Å². The Labute approximate surface area is 103 Å². The molecule has 2 rings (SSSR count). The van der Waals surface area contributed by atoms with Gasteiger partial charge in [0.05, 0.1) is 0 Å². The van der Waals surface area contributed by atoms with Crippen LogP contribution in [0.2, 0.25) is 0 Å². The number of amides is 1. The second kappa shape index (κ2) is 4.15. The number of nitrogens with zero attached hydrogens (tertiary/aromatic N) is 1. The number of benzene rings is 1. The zero-order valence-corrected chi connectivity index (χ0v) is 10.7. The Morgan fingerprint density at radius 3 is 2.65 bits per heavy atom. The van der Waals surface area contributed by atoms with Crippen LogP contribution in [0.25, 0.3) is 0 Å². The van der Waals surface area contributed by atoms with Gasteiger partial charge in [-0.3, -0.25) is 4.79 Å². The molecule has 0 saturated heterocycles. The molecule has 1 aromatic carbocycles. The number of nitrogens with two attached hydrogens (primary N) is 1. The zero-order chi connectivity index (χ0) is 12.6. The average molecular weight is 232 g/mol. The molecule has 0 saturated carbocycles. The van der Waals surface area contributed by atoms with Crippen LogP contribution >= 0.6 is 0 Å². The minimum atomic E-state index is -0.371. The van der Waals surface area contributed by atoms with Crippen LogP contribution in [0.15, 0.2) is 24.3 Å². The molecule has 2 N–H and O–H groups in total. The summed E-state index contributed by atoms with van der Waals surface area (Å²) < 4.78 is 0. The van der Waals surface area contributed by atoms with Crippen molar-refractivity contribution in [3.63, 3.8) is 0 Å². The first-order chi connectivity index (χ1) is 7.89. The van der Waals surface area contributed by atoms with E-state index >= 15 is 0 Å². The first kappa shape index (κ1) is 12.1. The second-order valence-electron chi connectivity index (χ2n) is 5.76. The molecule has 1 heterocycles. The molecular weight excluding hydrogens is 212 g/mol. The lowest BCUT2D eigenvalue weighted by Gasteiger charge is -2.36. The van der Waals surface area contributed by atoms with Crippen LogP contribution in [-0.2, 0) is 11.2 Å². The third-order valence-corrected chi connectivity index (χ3v) is 3.07. The van der Waals surface area contributed by atoms with E-state index in [0.717, 1.165) is 12.1 Å². The number of rotatable bonds is 0. The Hall–Kier alpha value is -1.35. The summed E-state index contributed by atoms with van der Waals surface area (Å²) in [6.07, 6.45) is 0.851. The number of carbonyl (C=O) groups is 1. The highest BCUT2D eigenvalue weighted by molar-refractivity contribution is 5.98. The second-order valence-corrected chi connectivity index (χ2v) is 5.76. The third-order valence-electron chi connectivity index (χ3n) is 3.07. The van der Waals surface area contributed by atoms with Crippen molar-refractivity contribution in [1.29, 1.82) is 0 Å². The van der Waals surface area contributed by atoms with Crippen molar-refractivity contribution in [2.24, 2.45) is 11.1 Å². The number of para-hydroxylation sites is 1. The van der Waals surface area contributed by atoms with Gasteiger partial charge >= 0.3 is 0 Å². The molecule has 0 aromatic heterocycles. The molecule has 3 nitrogen and oxygen atoms in total. The SMILES string of the molecule is CC(C)(C)C(=O)N1CC(N)Cc2ccccc21. The van der Waals surface area contributed by atoms with Crippen molar-refractivity contribution in [2.75, 3.05) is 11.4 Å². The van der Waals surface area contributed by atoms with Crippen LogP contribution in [0.3, 0.4) is 0 Å². The van der Waals surface area contributed by atoms with Crippen LogP contribution in [0.5, 0.6) is 0 Å². The van der Waals surface area contributed by atoms with E-state index in [2.05, 4.69) is 6.07 Å². The van der Waals surface area contributed by atoms with Crippen LogP contribution in [0.4, 0.5) is 5.69 Å². The summed E-state index contributed by atoms with van der Waals surface area (Å²) in [6, 6.07) is 8.06. The molecule has 0 bridgehead atoms. The van der Waals surface area contributed by atoms with Crippen LogP contribution in [0.1, 0.15) is 26.3 Å². The standard InChI is InChI=1S/C14H20N2O/c1-14(2,3)13(17)16-9-11(15)8-10-6-4-5-7-12(10)16/h4-7,11H,8-9,15H2,1-3H3. The molecule has 3 heteroatoms. The molecule has 1 aliphatic heterocycles. The van der Waals surface area contributed by atoms with Gasteiger partial charge in [-0.25, -0.2) is 0 Å². The smallest absolute Gasteiger partial charge is 0.232 e. The molecule has 1 atom stereocenters. The Bertz CT molecular complexity index is 434. The van der Waals surface area contributed by atoms with E-state index in [4.69, 9.17) is 5.73 Å². The molecular formula is C14H20N2O. The van der Waals surface area contributed by atoms with E-state index in [-0.39, 0.29) is 17.4 Å². The number of fused-ring (bicyclic) bond motifs is 1. The minimum Gasteiger partial charge on any atom is -0.326 e. The first-order valence-corrected chi connectivity index (χ1v) is 6.05. The first-order valence-electron chi connectivity index (χ1n) is 6.05. The summed E-state index contributed by atoms with van der Waals surface area (Å²) in [5, 5.41) is 0. The molecule has 0 spiro atoms. The predicted octanol–water partition coefficient (Wildman–Crippen LogP) is 1.95. The van der Waals surface area contributed by atoms with Gasteiger partial charge in [-0.05, 0) is 18.1 Å². The highest BCUT2D eigenvalue weighted by Gasteiger charge is 2.32. The molecule has 1 amide bonds. The zero-order valence-electron chi connectivity index (χ0n) is 10.7. The molecule has 0 aliphatic carbocycles. The van der Waals surface area contributed by atoms with E-state index in [1.165, 1.54) is 5.56 Å². The van der Waals surface area contributed by atoms with Gasteiger partial charge in [0.25, 0.3) is 0 Å². The molecule has 0 fully saturated rings. The van der Waals surface area contributed by atoms with Crippen LogP contribution in [0, 0.1) is 5.41 Å². The van der Waals surface area contributed by atoms with Crippen molar-refractivity contribution in [2.45, 2.75) is 33.2 Å². The Kier molecular flexibility index (Phi) is 2.96. The number of anilines is 1. The summed E-state index contributed by atoms with van der Waals surface area (Å²) in [5.74, 6) is 0.139. The van der Waals surface area contributed by atoms with Crippen molar-refractivity contribution in [3.8, 4) is 0 Å². The van der Waals surface area contributed by atoms with E-state index in [0.29, 0.717) is 6.54 Å². The molecule has 1 aromatic rings. The van der Waals surface area contributed by atoms with Gasteiger partial charge in [-0.15, -0.1) is 0 Å².